The fourth-order valence-corrected chi connectivity index (χ4v) is 5.79. The van der Waals surface area contributed by atoms with Gasteiger partial charge in [0.15, 0.2) is 0 Å². The first-order valence-corrected chi connectivity index (χ1v) is 13.2. The lowest BCUT2D eigenvalue weighted by molar-refractivity contribution is 0.0696. The molecule has 34 heavy (non-hydrogen) atoms. The number of nitrogens with one attached hydrogen (secondary N) is 1. The average molecular weight is 531 g/mol. The summed E-state index contributed by atoms with van der Waals surface area (Å²) in [5.74, 6) is -1.18. The number of aryl methyl sites for hydroxylation is 1. The molecule has 0 aliphatic carbocycles. The van der Waals surface area contributed by atoms with Crippen molar-refractivity contribution in [2.75, 3.05) is 4.72 Å². The zero-order valence-corrected chi connectivity index (χ0v) is 21.0. The van der Waals surface area contributed by atoms with Crippen LogP contribution in [0.2, 0.25) is 5.02 Å². The van der Waals surface area contributed by atoms with Crippen LogP contribution in [0.25, 0.3) is 10.6 Å². The first kappa shape index (κ1) is 24.3. The molecule has 4 aromatic rings. The van der Waals surface area contributed by atoms with E-state index in [1.165, 1.54) is 23.5 Å². The Morgan fingerprint density at radius 2 is 1.76 bits per heavy atom. The van der Waals surface area contributed by atoms with Crippen molar-refractivity contribution in [3.63, 3.8) is 0 Å². The van der Waals surface area contributed by atoms with Crippen LogP contribution in [0.5, 0.6) is 0 Å². The van der Waals surface area contributed by atoms with Gasteiger partial charge in [-0.2, -0.15) is 12.6 Å². The summed E-state index contributed by atoms with van der Waals surface area (Å²) in [6.07, 6.45) is 1.78. The van der Waals surface area contributed by atoms with Crippen LogP contribution in [-0.2, 0) is 10.0 Å². The van der Waals surface area contributed by atoms with E-state index < -0.39 is 16.0 Å². The van der Waals surface area contributed by atoms with Gasteiger partial charge >= 0.3 is 5.97 Å². The summed E-state index contributed by atoms with van der Waals surface area (Å²) in [4.78, 5) is 16.6. The number of anilines is 1. The van der Waals surface area contributed by atoms with Crippen LogP contribution in [0.15, 0.2) is 77.8 Å². The molecule has 2 N–H and O–H groups in total. The second-order valence-corrected chi connectivity index (χ2v) is 11.2. The van der Waals surface area contributed by atoms with Crippen molar-refractivity contribution in [3.05, 3.63) is 99.5 Å². The molecule has 4 rings (SSSR count). The Kier molecular flexibility index (Phi) is 6.99. The number of carboxylic acids is 1. The Hall–Kier alpha value is -2.85. The van der Waals surface area contributed by atoms with E-state index in [1.807, 2.05) is 24.3 Å². The van der Waals surface area contributed by atoms with E-state index in [9.17, 15) is 18.3 Å². The molecule has 1 atom stereocenters. The number of benzene rings is 3. The highest BCUT2D eigenvalue weighted by atomic mass is 35.5. The third kappa shape index (κ3) is 5.28. The van der Waals surface area contributed by atoms with Crippen molar-refractivity contribution in [3.8, 4) is 10.6 Å². The van der Waals surface area contributed by atoms with Crippen LogP contribution in [0, 0.1) is 6.92 Å². The van der Waals surface area contributed by atoms with Gasteiger partial charge in [-0.25, -0.2) is 18.2 Å². The summed E-state index contributed by atoms with van der Waals surface area (Å²) in [5, 5.41) is 10.5. The van der Waals surface area contributed by atoms with Gasteiger partial charge in [0.2, 0.25) is 0 Å². The third-order valence-corrected chi connectivity index (χ3v) is 8.61. The minimum Gasteiger partial charge on any atom is -0.478 e. The highest BCUT2D eigenvalue weighted by molar-refractivity contribution is 7.92. The first-order chi connectivity index (χ1) is 16.1. The Labute approximate surface area is 211 Å². The molecule has 0 spiro atoms. The topological polar surface area (TPSA) is 96.4 Å². The second kappa shape index (κ2) is 9.79. The number of aromatic nitrogens is 1. The molecule has 174 valence electrons. The number of carbonyl (C=O) groups is 1. The number of thiol groups is 1. The number of sulfonamides is 1. The van der Waals surface area contributed by atoms with Crippen molar-refractivity contribution >= 4 is 57.2 Å². The summed E-state index contributed by atoms with van der Waals surface area (Å²) < 4.78 is 28.0. The quantitative estimate of drug-likeness (QED) is 0.244. The maximum atomic E-state index is 12.8. The second-order valence-electron chi connectivity index (χ2n) is 7.49. The maximum Gasteiger partial charge on any atom is 0.335 e. The highest BCUT2D eigenvalue weighted by Crippen LogP contribution is 2.36. The van der Waals surface area contributed by atoms with Crippen LogP contribution in [0.4, 0.5) is 5.69 Å². The van der Waals surface area contributed by atoms with Gasteiger partial charge in [-0.15, -0.1) is 11.3 Å². The average Bonchev–Trinajstić information content (AvgIpc) is 3.29. The van der Waals surface area contributed by atoms with Crippen LogP contribution in [0.3, 0.4) is 0 Å². The lowest BCUT2D eigenvalue weighted by Gasteiger charge is -2.12. The number of halogens is 1. The van der Waals surface area contributed by atoms with Gasteiger partial charge in [0.25, 0.3) is 10.0 Å². The van der Waals surface area contributed by atoms with E-state index in [-0.39, 0.29) is 15.7 Å². The van der Waals surface area contributed by atoms with Crippen LogP contribution >= 0.6 is 35.6 Å². The Bertz CT molecular complexity index is 1450. The lowest BCUT2D eigenvalue weighted by Crippen LogP contribution is -2.14. The van der Waals surface area contributed by atoms with Gasteiger partial charge in [-0.3, -0.25) is 4.72 Å². The van der Waals surface area contributed by atoms with E-state index in [0.717, 1.165) is 27.1 Å². The summed E-state index contributed by atoms with van der Waals surface area (Å²) in [5.41, 5.74) is 2.62. The first-order valence-electron chi connectivity index (χ1n) is 10.0. The molecule has 0 aliphatic rings. The number of hydrogen-bond donors (Lipinski definition) is 3. The summed E-state index contributed by atoms with van der Waals surface area (Å²) >= 11 is 12.2. The Morgan fingerprint density at radius 3 is 2.41 bits per heavy atom. The lowest BCUT2D eigenvalue weighted by atomic mass is 10.1. The van der Waals surface area contributed by atoms with Gasteiger partial charge in [0.1, 0.15) is 5.01 Å². The molecule has 0 aliphatic heterocycles. The van der Waals surface area contributed by atoms with Gasteiger partial charge in [-0.1, -0.05) is 41.9 Å². The molecule has 1 heterocycles. The molecule has 0 fully saturated rings. The van der Waals surface area contributed by atoms with E-state index in [0.29, 0.717) is 16.3 Å². The summed E-state index contributed by atoms with van der Waals surface area (Å²) in [7, 11) is -3.95. The monoisotopic (exact) mass is 530 g/mol. The molecule has 1 unspecified atom stereocenters. The number of thiazole rings is 1. The summed E-state index contributed by atoms with van der Waals surface area (Å²) in [6, 6.07) is 18.3. The predicted octanol–water partition coefficient (Wildman–Crippen LogP) is 6.29. The van der Waals surface area contributed by atoms with Crippen molar-refractivity contribution in [1.82, 2.24) is 4.98 Å². The zero-order valence-electron chi connectivity index (χ0n) is 17.8. The fraction of sp³-hybridized carbons (Fsp3) is 0.0833. The molecule has 0 saturated carbocycles. The molecule has 0 saturated heterocycles. The predicted molar refractivity (Wildman–Crippen MR) is 139 cm³/mol. The van der Waals surface area contributed by atoms with Crippen molar-refractivity contribution in [2.45, 2.75) is 17.1 Å². The SMILES string of the molecule is Cc1ccc(S(=O)(=O)Nc2ccc(C(S)c3cnc(-c4ccc(Cl)cc4)s3)cc2)cc1C(=O)O. The molecular weight excluding hydrogens is 512 g/mol. The molecule has 10 heteroatoms. The van der Waals surface area contributed by atoms with Crippen molar-refractivity contribution in [1.29, 1.82) is 0 Å². The van der Waals surface area contributed by atoms with Gasteiger partial charge < -0.3 is 5.11 Å². The molecule has 6 nitrogen and oxygen atoms in total. The number of rotatable bonds is 7. The fourth-order valence-electron chi connectivity index (χ4n) is 3.25. The van der Waals surface area contributed by atoms with Crippen molar-refractivity contribution < 1.29 is 18.3 Å². The van der Waals surface area contributed by atoms with Crippen LogP contribution in [-0.4, -0.2) is 24.5 Å². The largest absolute Gasteiger partial charge is 0.478 e. The summed E-state index contributed by atoms with van der Waals surface area (Å²) in [6.45, 7) is 1.61. The Balaban J connectivity index is 1.50. The van der Waals surface area contributed by atoms with Crippen LogP contribution < -0.4 is 4.72 Å². The molecule has 3 aromatic carbocycles. The Morgan fingerprint density at radius 1 is 1.09 bits per heavy atom. The molecule has 0 amide bonds. The number of aromatic carboxylic acids is 1. The smallest absolute Gasteiger partial charge is 0.335 e. The minimum absolute atomic E-state index is 0.0568. The molecule has 0 bridgehead atoms. The molecule has 1 aromatic heterocycles. The van der Waals surface area contributed by atoms with E-state index in [4.69, 9.17) is 24.2 Å². The zero-order chi connectivity index (χ0) is 24.5. The van der Waals surface area contributed by atoms with Gasteiger partial charge in [-0.05, 0) is 54.4 Å². The van der Waals surface area contributed by atoms with Gasteiger partial charge in [0, 0.05) is 27.3 Å². The highest BCUT2D eigenvalue weighted by Gasteiger charge is 2.19. The number of carboxylic acid groups (broad SMARTS) is 1. The van der Waals surface area contributed by atoms with Crippen molar-refractivity contribution in [2.24, 2.45) is 0 Å². The maximum absolute atomic E-state index is 12.8. The minimum atomic E-state index is -3.95. The number of hydrogen-bond acceptors (Lipinski definition) is 6. The number of nitrogens with zero attached hydrogens (tertiary/aromatic N) is 1. The third-order valence-electron chi connectivity index (χ3n) is 5.11. The van der Waals surface area contributed by atoms with E-state index in [2.05, 4.69) is 9.71 Å². The van der Waals surface area contributed by atoms with Crippen LogP contribution in [0.1, 0.15) is 31.6 Å². The van der Waals surface area contributed by atoms with E-state index in [1.54, 1.807) is 37.4 Å². The van der Waals surface area contributed by atoms with E-state index >= 15 is 0 Å². The molecule has 0 radical (unpaired) electrons. The normalized spacial score (nSPS) is 12.3. The standard InChI is InChI=1S/C24H19ClN2O4S3/c1-14-2-11-19(12-20(14)24(28)29)34(30,31)27-18-9-5-15(6-10-18)22(32)21-13-26-23(33-21)16-3-7-17(25)8-4-16/h2-13,22,27,32H,1H3,(H,28,29). The van der Waals surface area contributed by atoms with Gasteiger partial charge in [0.05, 0.1) is 15.7 Å². The molecular formula is C24H19ClN2O4S3.